The minimum atomic E-state index is -0.504. The maximum absolute atomic E-state index is 12.0. The number of methoxy groups -OCH3 is 1. The quantitative estimate of drug-likeness (QED) is 0.397. The number of benzene rings is 2. The molecule has 8 heteroatoms. The summed E-state index contributed by atoms with van der Waals surface area (Å²) in [6, 6.07) is 14.8. The normalized spacial score (nSPS) is 10.8. The Balaban J connectivity index is 1.74. The highest BCUT2D eigenvalue weighted by atomic mass is 16.6. The summed E-state index contributed by atoms with van der Waals surface area (Å²) in [6.07, 6.45) is 1.32. The minimum Gasteiger partial charge on any atom is -0.497 e. The molecule has 3 rings (SSSR count). The van der Waals surface area contributed by atoms with Crippen LogP contribution in [0, 0.1) is 17.0 Å². The van der Waals surface area contributed by atoms with E-state index in [0.29, 0.717) is 28.4 Å². The van der Waals surface area contributed by atoms with Crippen molar-refractivity contribution < 1.29 is 18.9 Å². The van der Waals surface area contributed by atoms with Crippen molar-refractivity contribution in [1.82, 2.24) is 5.43 Å². The number of rotatable bonds is 6. The number of aryl methyl sites for hydroxylation is 1. The third kappa shape index (κ3) is 4.24. The molecule has 0 bridgehead atoms. The molecule has 1 N–H and O–H groups in total. The Morgan fingerprint density at radius 3 is 2.61 bits per heavy atom. The lowest BCUT2D eigenvalue weighted by Gasteiger charge is -2.03. The Morgan fingerprint density at radius 1 is 1.18 bits per heavy atom. The Bertz CT molecular complexity index is 1040. The summed E-state index contributed by atoms with van der Waals surface area (Å²) >= 11 is 0. The summed E-state index contributed by atoms with van der Waals surface area (Å²) < 4.78 is 10.6. The third-order valence-electron chi connectivity index (χ3n) is 3.97. The molecule has 1 heterocycles. The van der Waals surface area contributed by atoms with Crippen LogP contribution in [0.1, 0.15) is 21.7 Å². The summed E-state index contributed by atoms with van der Waals surface area (Å²) in [5, 5.41) is 15.2. The molecular formula is C20H17N3O5. The predicted octanol–water partition coefficient (Wildman–Crippen LogP) is 3.94. The van der Waals surface area contributed by atoms with Crippen molar-refractivity contribution in [3.05, 3.63) is 81.6 Å². The van der Waals surface area contributed by atoms with E-state index in [0.717, 1.165) is 5.56 Å². The van der Waals surface area contributed by atoms with Gasteiger partial charge in [0.15, 0.2) is 0 Å². The molecule has 0 aliphatic carbocycles. The van der Waals surface area contributed by atoms with Crippen LogP contribution in [-0.2, 0) is 0 Å². The van der Waals surface area contributed by atoms with Gasteiger partial charge in [0.1, 0.15) is 17.3 Å². The lowest BCUT2D eigenvalue weighted by atomic mass is 10.1. The van der Waals surface area contributed by atoms with Gasteiger partial charge in [-0.3, -0.25) is 14.9 Å². The van der Waals surface area contributed by atoms with E-state index < -0.39 is 4.92 Å². The first-order valence-electron chi connectivity index (χ1n) is 8.30. The molecule has 1 amide bonds. The van der Waals surface area contributed by atoms with E-state index >= 15 is 0 Å². The van der Waals surface area contributed by atoms with Crippen LogP contribution in [-0.4, -0.2) is 24.2 Å². The molecule has 0 saturated carbocycles. The standard InChI is InChI=1S/C20H17N3O5/c1-13-3-5-14(6-4-13)20(24)22-21-12-16-8-10-19(28-16)17-9-7-15(27-2)11-18(17)23(25)26/h3-12H,1-2H3,(H,22,24). The summed E-state index contributed by atoms with van der Waals surface area (Å²) in [5.74, 6) is 0.668. The van der Waals surface area contributed by atoms with Gasteiger partial charge in [-0.05, 0) is 43.3 Å². The van der Waals surface area contributed by atoms with E-state index in [4.69, 9.17) is 9.15 Å². The molecule has 0 saturated heterocycles. The third-order valence-corrected chi connectivity index (χ3v) is 3.97. The first-order valence-corrected chi connectivity index (χ1v) is 8.30. The van der Waals surface area contributed by atoms with E-state index in [9.17, 15) is 14.9 Å². The van der Waals surface area contributed by atoms with Gasteiger partial charge in [0.25, 0.3) is 11.6 Å². The molecule has 0 radical (unpaired) electrons. The number of nitro groups is 1. The van der Waals surface area contributed by atoms with Crippen LogP contribution in [0.15, 0.2) is 64.1 Å². The summed E-state index contributed by atoms with van der Waals surface area (Å²) in [6.45, 7) is 1.93. The number of carbonyl (C=O) groups excluding carboxylic acids is 1. The fourth-order valence-electron chi connectivity index (χ4n) is 2.49. The second-order valence-electron chi connectivity index (χ2n) is 5.91. The Hall–Kier alpha value is -3.94. The minimum absolute atomic E-state index is 0.134. The van der Waals surface area contributed by atoms with Crippen LogP contribution in [0.25, 0.3) is 11.3 Å². The number of hydrogen-bond acceptors (Lipinski definition) is 6. The van der Waals surface area contributed by atoms with E-state index in [1.54, 1.807) is 36.4 Å². The molecule has 2 aromatic carbocycles. The van der Waals surface area contributed by atoms with Gasteiger partial charge >= 0.3 is 0 Å². The van der Waals surface area contributed by atoms with Crippen molar-refractivity contribution in [3.63, 3.8) is 0 Å². The first-order chi connectivity index (χ1) is 13.5. The Labute approximate surface area is 160 Å². The van der Waals surface area contributed by atoms with Gasteiger partial charge in [0, 0.05) is 5.56 Å². The van der Waals surface area contributed by atoms with Crippen molar-refractivity contribution in [3.8, 4) is 17.1 Å². The Morgan fingerprint density at radius 2 is 1.93 bits per heavy atom. The van der Waals surface area contributed by atoms with Gasteiger partial charge in [-0.1, -0.05) is 17.7 Å². The highest BCUT2D eigenvalue weighted by Gasteiger charge is 2.19. The van der Waals surface area contributed by atoms with Crippen molar-refractivity contribution >= 4 is 17.8 Å². The molecule has 0 aliphatic rings. The first kappa shape index (κ1) is 18.8. The van der Waals surface area contributed by atoms with Gasteiger partial charge in [0.2, 0.25) is 0 Å². The number of carbonyl (C=O) groups is 1. The maximum atomic E-state index is 12.0. The van der Waals surface area contributed by atoms with E-state index in [1.807, 2.05) is 19.1 Å². The second-order valence-corrected chi connectivity index (χ2v) is 5.91. The molecular weight excluding hydrogens is 362 g/mol. The molecule has 28 heavy (non-hydrogen) atoms. The maximum Gasteiger partial charge on any atom is 0.284 e. The van der Waals surface area contributed by atoms with Crippen molar-refractivity contribution in [2.24, 2.45) is 5.10 Å². The number of nitrogens with one attached hydrogen (secondary N) is 1. The lowest BCUT2D eigenvalue weighted by molar-refractivity contribution is -0.384. The molecule has 0 aliphatic heterocycles. The number of hydrogen-bond donors (Lipinski definition) is 1. The van der Waals surface area contributed by atoms with Crippen molar-refractivity contribution in [1.29, 1.82) is 0 Å². The zero-order valence-corrected chi connectivity index (χ0v) is 15.2. The summed E-state index contributed by atoms with van der Waals surface area (Å²) in [5.41, 5.74) is 4.12. The van der Waals surface area contributed by atoms with Crippen molar-refractivity contribution in [2.45, 2.75) is 6.92 Å². The van der Waals surface area contributed by atoms with Gasteiger partial charge in [0.05, 0.1) is 29.9 Å². The largest absolute Gasteiger partial charge is 0.497 e. The number of nitrogens with zero attached hydrogens (tertiary/aromatic N) is 2. The predicted molar refractivity (Wildman–Crippen MR) is 104 cm³/mol. The second kappa shape index (κ2) is 8.17. The van der Waals surface area contributed by atoms with Gasteiger partial charge < -0.3 is 9.15 Å². The van der Waals surface area contributed by atoms with E-state index in [-0.39, 0.29) is 11.6 Å². The molecule has 0 fully saturated rings. The highest BCUT2D eigenvalue weighted by molar-refractivity contribution is 5.94. The van der Waals surface area contributed by atoms with Gasteiger partial charge in [-0.15, -0.1) is 0 Å². The number of amides is 1. The van der Waals surface area contributed by atoms with Crippen LogP contribution >= 0.6 is 0 Å². The molecule has 0 atom stereocenters. The molecule has 8 nitrogen and oxygen atoms in total. The number of furan rings is 1. The van der Waals surface area contributed by atoms with Crippen LogP contribution in [0.4, 0.5) is 5.69 Å². The fourth-order valence-corrected chi connectivity index (χ4v) is 2.49. The van der Waals surface area contributed by atoms with Crippen LogP contribution in [0.3, 0.4) is 0 Å². The molecule has 142 valence electrons. The van der Waals surface area contributed by atoms with Gasteiger partial charge in [-0.25, -0.2) is 5.43 Å². The van der Waals surface area contributed by atoms with Gasteiger partial charge in [-0.2, -0.15) is 5.10 Å². The molecule has 0 unspecified atom stereocenters. The monoisotopic (exact) mass is 379 g/mol. The summed E-state index contributed by atoms with van der Waals surface area (Å²) in [4.78, 5) is 22.8. The molecule has 1 aromatic heterocycles. The fraction of sp³-hybridized carbons (Fsp3) is 0.100. The van der Waals surface area contributed by atoms with Crippen LogP contribution in [0.2, 0.25) is 0 Å². The summed E-state index contributed by atoms with van der Waals surface area (Å²) in [7, 11) is 1.44. The topological polar surface area (TPSA) is 107 Å². The zero-order chi connectivity index (χ0) is 20.1. The molecule has 0 spiro atoms. The lowest BCUT2D eigenvalue weighted by Crippen LogP contribution is -2.17. The molecule has 3 aromatic rings. The highest BCUT2D eigenvalue weighted by Crippen LogP contribution is 2.33. The number of nitro benzene ring substituents is 1. The zero-order valence-electron chi connectivity index (χ0n) is 15.2. The average molecular weight is 379 g/mol. The van der Waals surface area contributed by atoms with Crippen LogP contribution in [0.5, 0.6) is 5.75 Å². The SMILES string of the molecule is COc1ccc(-c2ccc(C=NNC(=O)c3ccc(C)cc3)o2)c([N+](=O)[O-])c1. The Kier molecular flexibility index (Phi) is 5.50. The smallest absolute Gasteiger partial charge is 0.284 e. The van der Waals surface area contributed by atoms with E-state index in [1.165, 1.54) is 19.4 Å². The van der Waals surface area contributed by atoms with E-state index in [2.05, 4.69) is 10.5 Å². The average Bonchev–Trinajstić information content (AvgIpc) is 3.16. The number of ether oxygens (including phenoxy) is 1. The van der Waals surface area contributed by atoms with Crippen molar-refractivity contribution in [2.75, 3.05) is 7.11 Å². The van der Waals surface area contributed by atoms with Crippen LogP contribution < -0.4 is 10.2 Å². The number of hydrazone groups is 1.